The third-order valence-electron chi connectivity index (χ3n) is 5.21. The van der Waals surface area contributed by atoms with E-state index in [9.17, 15) is 14.4 Å². The van der Waals surface area contributed by atoms with Crippen LogP contribution in [0.1, 0.15) is 36.8 Å². The molecule has 0 radical (unpaired) electrons. The molecule has 0 amide bonds. The number of aliphatic hydroxyl groups is 1. The zero-order valence-electron chi connectivity index (χ0n) is 20.4. The first kappa shape index (κ1) is 29.7. The van der Waals surface area contributed by atoms with Crippen LogP contribution >= 0.6 is 0 Å². The molecule has 192 valence electrons. The smallest absolute Gasteiger partial charge is 0.336 e. The van der Waals surface area contributed by atoms with E-state index in [4.69, 9.17) is 20.4 Å². The van der Waals surface area contributed by atoms with Crippen LogP contribution in [0.5, 0.6) is 0 Å². The van der Waals surface area contributed by atoms with Gasteiger partial charge in [-0.2, -0.15) is 0 Å². The van der Waals surface area contributed by atoms with E-state index in [1.165, 1.54) is 11.1 Å². The Labute approximate surface area is 205 Å². The van der Waals surface area contributed by atoms with Crippen molar-refractivity contribution < 1.29 is 34.8 Å². The molecule has 35 heavy (non-hydrogen) atoms. The maximum Gasteiger partial charge on any atom is 0.336 e. The van der Waals surface area contributed by atoms with Gasteiger partial charge in [-0.1, -0.05) is 37.3 Å². The normalized spacial score (nSPS) is 12.1. The molecule has 2 rings (SSSR count). The minimum Gasteiger partial charge on any atom is -0.481 e. The minimum absolute atomic E-state index is 0.533. The van der Waals surface area contributed by atoms with Crippen LogP contribution in [0.25, 0.3) is 0 Å². The number of carbonyl (C=O) groups is 3. The number of rotatable bonds is 13. The third-order valence-corrected chi connectivity index (χ3v) is 5.21. The van der Waals surface area contributed by atoms with Crippen molar-refractivity contribution >= 4 is 17.9 Å². The van der Waals surface area contributed by atoms with Gasteiger partial charge in [0.2, 0.25) is 0 Å². The summed E-state index contributed by atoms with van der Waals surface area (Å²) in [6.45, 7) is 6.51. The highest BCUT2D eigenvalue weighted by atomic mass is 16.4. The Morgan fingerprint density at radius 1 is 0.914 bits per heavy atom. The second-order valence-corrected chi connectivity index (χ2v) is 8.68. The lowest BCUT2D eigenvalue weighted by atomic mass is 9.96. The number of carboxylic acid groups (broad SMARTS) is 3. The predicted octanol–water partition coefficient (Wildman–Crippen LogP) is 2.00. The van der Waals surface area contributed by atoms with E-state index >= 15 is 0 Å². The van der Waals surface area contributed by atoms with Gasteiger partial charge >= 0.3 is 17.9 Å². The summed E-state index contributed by atoms with van der Waals surface area (Å²) in [5, 5.41) is 33.8. The second-order valence-electron chi connectivity index (χ2n) is 8.68. The highest BCUT2D eigenvalue weighted by Crippen LogP contribution is 2.18. The maximum absolute atomic E-state index is 10.3. The topological polar surface area (TPSA) is 152 Å². The zero-order valence-corrected chi connectivity index (χ0v) is 20.4. The van der Waals surface area contributed by atoms with Crippen LogP contribution < -0.4 is 0 Å². The molecular formula is C25H35N3O7. The highest BCUT2D eigenvalue weighted by Gasteiger charge is 2.40. The van der Waals surface area contributed by atoms with E-state index in [1.54, 1.807) is 0 Å². The molecular weight excluding hydrogens is 454 g/mol. The Kier molecular flexibility index (Phi) is 12.6. The highest BCUT2D eigenvalue weighted by molar-refractivity contribution is 5.88. The van der Waals surface area contributed by atoms with Crippen molar-refractivity contribution in [3.05, 3.63) is 66.0 Å². The van der Waals surface area contributed by atoms with E-state index in [-0.39, 0.29) is 0 Å². The van der Waals surface area contributed by atoms with Crippen molar-refractivity contribution in [3.8, 4) is 0 Å². The van der Waals surface area contributed by atoms with Crippen molar-refractivity contribution in [2.45, 2.75) is 37.8 Å². The fourth-order valence-electron chi connectivity index (χ4n) is 3.31. The van der Waals surface area contributed by atoms with Gasteiger partial charge in [0.25, 0.3) is 0 Å². The van der Waals surface area contributed by atoms with E-state index < -0.39 is 36.4 Å². The molecule has 1 aromatic carbocycles. The van der Waals surface area contributed by atoms with Gasteiger partial charge in [0.15, 0.2) is 5.60 Å². The number of aliphatic carboxylic acids is 3. The molecule has 1 aromatic heterocycles. The molecule has 0 aliphatic heterocycles. The SMILES string of the molecule is CC(CN(CCN(C)C)Cc1ccncc1)c1ccccc1.O=C(O)CC(O)(CC(=O)O)C(=O)O. The van der Waals surface area contributed by atoms with Gasteiger partial charge in [0, 0.05) is 38.6 Å². The van der Waals surface area contributed by atoms with Gasteiger partial charge in [-0.15, -0.1) is 0 Å². The number of aromatic nitrogens is 1. The molecule has 0 saturated carbocycles. The average molecular weight is 490 g/mol. The van der Waals surface area contributed by atoms with Gasteiger partial charge < -0.3 is 25.3 Å². The van der Waals surface area contributed by atoms with E-state index in [0.717, 1.165) is 26.2 Å². The van der Waals surface area contributed by atoms with E-state index in [2.05, 4.69) is 78.3 Å². The molecule has 0 fully saturated rings. The summed E-state index contributed by atoms with van der Waals surface area (Å²) < 4.78 is 0. The van der Waals surface area contributed by atoms with Gasteiger partial charge in [0.1, 0.15) is 0 Å². The van der Waals surface area contributed by atoms with Crippen LogP contribution in [0.2, 0.25) is 0 Å². The molecule has 0 saturated heterocycles. The van der Waals surface area contributed by atoms with Gasteiger partial charge in [0.05, 0.1) is 12.8 Å². The molecule has 0 aliphatic carbocycles. The molecule has 1 unspecified atom stereocenters. The van der Waals surface area contributed by atoms with Crippen molar-refractivity contribution in [2.24, 2.45) is 0 Å². The Balaban J connectivity index is 0.000000405. The van der Waals surface area contributed by atoms with Crippen LogP contribution in [-0.4, -0.2) is 92.4 Å². The summed E-state index contributed by atoms with van der Waals surface area (Å²) in [5.74, 6) is -4.49. The predicted molar refractivity (Wildman–Crippen MR) is 130 cm³/mol. The van der Waals surface area contributed by atoms with Crippen LogP contribution in [0, 0.1) is 0 Å². The molecule has 2 aromatic rings. The number of carboxylic acids is 3. The number of benzene rings is 1. The number of pyridine rings is 1. The van der Waals surface area contributed by atoms with Gasteiger partial charge in [-0.05, 0) is 43.3 Å². The second kappa shape index (κ2) is 14.8. The fraction of sp³-hybridized carbons (Fsp3) is 0.440. The standard InChI is InChI=1S/C19H27N3.C6H8O7/c1-17(19-7-5-4-6-8-19)15-22(14-13-21(2)3)16-18-9-11-20-12-10-18;7-3(8)1-6(13,5(11)12)2-4(9)10/h4-12,17H,13-16H2,1-3H3;13H,1-2H2,(H,7,8)(H,9,10)(H,11,12). The Morgan fingerprint density at radius 2 is 1.46 bits per heavy atom. The summed E-state index contributed by atoms with van der Waals surface area (Å²) in [6.07, 6.45) is 1.46. The molecule has 1 atom stereocenters. The quantitative estimate of drug-likeness (QED) is 0.329. The molecule has 0 spiro atoms. The zero-order chi connectivity index (χ0) is 26.4. The minimum atomic E-state index is -2.74. The summed E-state index contributed by atoms with van der Waals surface area (Å²) in [6, 6.07) is 15.0. The van der Waals surface area contributed by atoms with E-state index in [1.807, 2.05) is 12.4 Å². The average Bonchev–Trinajstić information content (AvgIpc) is 2.78. The van der Waals surface area contributed by atoms with Crippen LogP contribution in [0.15, 0.2) is 54.9 Å². The first-order valence-electron chi connectivity index (χ1n) is 11.1. The molecule has 10 nitrogen and oxygen atoms in total. The van der Waals surface area contributed by atoms with Crippen LogP contribution in [0.4, 0.5) is 0 Å². The van der Waals surface area contributed by atoms with Gasteiger partial charge in [-0.25, -0.2) is 4.79 Å². The molecule has 0 bridgehead atoms. The van der Waals surface area contributed by atoms with Gasteiger partial charge in [-0.3, -0.25) is 19.5 Å². The molecule has 4 N–H and O–H groups in total. The summed E-state index contributed by atoms with van der Waals surface area (Å²) in [7, 11) is 4.26. The fourth-order valence-corrected chi connectivity index (χ4v) is 3.31. The van der Waals surface area contributed by atoms with Crippen LogP contribution in [-0.2, 0) is 20.9 Å². The van der Waals surface area contributed by atoms with Crippen LogP contribution in [0.3, 0.4) is 0 Å². The molecule has 0 aliphatic rings. The third kappa shape index (κ3) is 12.1. The van der Waals surface area contributed by atoms with Crippen molar-refractivity contribution in [3.63, 3.8) is 0 Å². The Morgan fingerprint density at radius 3 is 1.91 bits per heavy atom. The number of hydrogen-bond acceptors (Lipinski definition) is 7. The number of nitrogens with zero attached hydrogens (tertiary/aromatic N) is 3. The summed E-state index contributed by atoms with van der Waals surface area (Å²) in [4.78, 5) is 39.4. The molecule has 10 heteroatoms. The van der Waals surface area contributed by atoms with Crippen molar-refractivity contribution in [1.82, 2.24) is 14.8 Å². The largest absolute Gasteiger partial charge is 0.481 e. The molecule has 1 heterocycles. The number of hydrogen-bond donors (Lipinski definition) is 4. The monoisotopic (exact) mass is 489 g/mol. The van der Waals surface area contributed by atoms with Crippen molar-refractivity contribution in [2.75, 3.05) is 33.7 Å². The summed E-state index contributed by atoms with van der Waals surface area (Å²) in [5.41, 5.74) is -0.00130. The maximum atomic E-state index is 10.3. The lowest BCUT2D eigenvalue weighted by Gasteiger charge is -2.27. The Bertz CT molecular complexity index is 907. The van der Waals surface area contributed by atoms with Crippen molar-refractivity contribution in [1.29, 1.82) is 0 Å². The summed E-state index contributed by atoms with van der Waals surface area (Å²) >= 11 is 0. The van der Waals surface area contributed by atoms with E-state index in [0.29, 0.717) is 5.92 Å². The lowest BCUT2D eigenvalue weighted by Crippen LogP contribution is -2.42. The Hall–Kier alpha value is -3.34. The number of likely N-dealkylation sites (N-methyl/N-ethyl adjacent to an activating group) is 1. The first-order chi connectivity index (χ1) is 16.4. The lowest BCUT2D eigenvalue weighted by molar-refractivity contribution is -0.170. The first-order valence-corrected chi connectivity index (χ1v) is 11.1.